The number of imidazole rings is 1. The number of fused-ring (bicyclic) bond motifs is 1. The summed E-state index contributed by atoms with van der Waals surface area (Å²) in [5.74, 6) is 0.114. The fourth-order valence-electron chi connectivity index (χ4n) is 2.90. The minimum Gasteiger partial charge on any atom is -0.394 e. The molecule has 2 N–H and O–H groups in total. The topological polar surface area (TPSA) is 76.3 Å². The molecule has 6 heteroatoms. The van der Waals surface area contributed by atoms with Crippen LogP contribution in [0.15, 0.2) is 29.1 Å². The van der Waals surface area contributed by atoms with E-state index < -0.39 is 0 Å². The number of carbonyl (C=O) groups excluding carboxylic acids is 1. The molecule has 2 rings (SSSR count). The van der Waals surface area contributed by atoms with Crippen LogP contribution < -0.4 is 11.0 Å². The molecule has 0 spiro atoms. The van der Waals surface area contributed by atoms with Crippen molar-refractivity contribution in [3.8, 4) is 0 Å². The average molecular weight is 319 g/mol. The molecule has 0 fully saturated rings. The quantitative estimate of drug-likeness (QED) is 0.809. The van der Waals surface area contributed by atoms with Gasteiger partial charge in [0.25, 0.3) is 0 Å². The second kappa shape index (κ2) is 7.46. The summed E-state index contributed by atoms with van der Waals surface area (Å²) in [7, 11) is 0. The number of carbonyl (C=O) groups is 1. The van der Waals surface area contributed by atoms with Crippen molar-refractivity contribution in [2.24, 2.45) is 5.92 Å². The molecule has 1 amide bonds. The van der Waals surface area contributed by atoms with Gasteiger partial charge < -0.3 is 10.4 Å². The Morgan fingerprint density at radius 3 is 2.35 bits per heavy atom. The van der Waals surface area contributed by atoms with Crippen molar-refractivity contribution in [3.63, 3.8) is 0 Å². The number of aliphatic hydroxyl groups is 1. The Labute approximate surface area is 135 Å². The van der Waals surface area contributed by atoms with Crippen molar-refractivity contribution in [3.05, 3.63) is 34.7 Å². The number of para-hydroxylation sites is 2. The molecule has 1 unspecified atom stereocenters. The number of nitrogens with zero attached hydrogens (tertiary/aromatic N) is 2. The van der Waals surface area contributed by atoms with E-state index >= 15 is 0 Å². The molecule has 0 aliphatic rings. The number of benzene rings is 1. The highest BCUT2D eigenvalue weighted by atomic mass is 16.3. The number of aryl methyl sites for hydroxylation is 1. The summed E-state index contributed by atoms with van der Waals surface area (Å²) in [6.45, 7) is 6.39. The number of hydrogen-bond donors (Lipinski definition) is 2. The predicted molar refractivity (Wildman–Crippen MR) is 90.3 cm³/mol. The van der Waals surface area contributed by atoms with Gasteiger partial charge in [0.05, 0.1) is 23.7 Å². The van der Waals surface area contributed by atoms with Gasteiger partial charge in [0, 0.05) is 6.54 Å². The molecule has 6 nitrogen and oxygen atoms in total. The molecule has 0 bridgehead atoms. The Morgan fingerprint density at radius 2 is 1.83 bits per heavy atom. The van der Waals surface area contributed by atoms with E-state index in [4.69, 9.17) is 0 Å². The maximum atomic E-state index is 12.5. The lowest BCUT2D eigenvalue weighted by Gasteiger charge is -2.18. The molecule has 126 valence electrons. The molecule has 1 aromatic carbocycles. The monoisotopic (exact) mass is 319 g/mol. The molecule has 1 atom stereocenters. The van der Waals surface area contributed by atoms with Gasteiger partial charge in [-0.2, -0.15) is 0 Å². The highest BCUT2D eigenvalue weighted by Crippen LogP contribution is 2.12. The van der Waals surface area contributed by atoms with Gasteiger partial charge >= 0.3 is 5.69 Å². The maximum Gasteiger partial charge on any atom is 0.329 e. The van der Waals surface area contributed by atoms with Crippen molar-refractivity contribution in [1.29, 1.82) is 0 Å². The molecular formula is C17H25N3O3. The lowest BCUT2D eigenvalue weighted by atomic mass is 10.0. The van der Waals surface area contributed by atoms with Gasteiger partial charge in [-0.1, -0.05) is 26.0 Å². The Bertz CT molecular complexity index is 730. The summed E-state index contributed by atoms with van der Waals surface area (Å²) in [6, 6.07) is 7.17. The number of aromatic nitrogens is 2. The van der Waals surface area contributed by atoms with Crippen LogP contribution >= 0.6 is 0 Å². The predicted octanol–water partition coefficient (Wildman–Crippen LogP) is 1.35. The molecule has 0 aliphatic heterocycles. The van der Waals surface area contributed by atoms with Crippen molar-refractivity contribution < 1.29 is 9.90 Å². The molecule has 1 heterocycles. The summed E-state index contributed by atoms with van der Waals surface area (Å²) < 4.78 is 3.14. The summed E-state index contributed by atoms with van der Waals surface area (Å²) in [5, 5.41) is 12.2. The van der Waals surface area contributed by atoms with Crippen LogP contribution in [0, 0.1) is 5.92 Å². The average Bonchev–Trinajstić information content (AvgIpc) is 2.78. The van der Waals surface area contributed by atoms with E-state index in [9.17, 15) is 14.7 Å². The first-order valence-corrected chi connectivity index (χ1v) is 8.06. The zero-order valence-corrected chi connectivity index (χ0v) is 14.0. The van der Waals surface area contributed by atoms with Gasteiger partial charge in [0.1, 0.15) is 6.54 Å². The number of hydrogen-bond acceptors (Lipinski definition) is 3. The highest BCUT2D eigenvalue weighted by molar-refractivity contribution is 5.81. The zero-order chi connectivity index (χ0) is 17.0. The molecule has 23 heavy (non-hydrogen) atoms. The van der Waals surface area contributed by atoms with Gasteiger partial charge in [-0.15, -0.1) is 0 Å². The van der Waals surface area contributed by atoms with E-state index in [-0.39, 0.29) is 30.8 Å². The number of amides is 1. The minimum atomic E-state index is -0.280. The first-order chi connectivity index (χ1) is 11.0. The van der Waals surface area contributed by atoms with Crippen LogP contribution in [0.4, 0.5) is 0 Å². The van der Waals surface area contributed by atoms with Crippen molar-refractivity contribution in [2.45, 2.75) is 46.3 Å². The largest absolute Gasteiger partial charge is 0.394 e. The molecule has 0 radical (unpaired) electrons. The minimum absolute atomic E-state index is 0.0407. The third-order valence-corrected chi connectivity index (χ3v) is 3.88. The fraction of sp³-hybridized carbons (Fsp3) is 0.529. The standard InChI is InChI=1S/C17H25N3O3/c1-4-19-14-7-5-6-8-15(14)20(17(19)23)10-16(22)18-13(11-21)9-12(2)3/h5-8,12-13,21H,4,9-11H2,1-3H3,(H,18,22). The maximum absolute atomic E-state index is 12.5. The molecule has 0 aliphatic carbocycles. The SMILES string of the molecule is CCn1c(=O)n(CC(=O)NC(CO)CC(C)C)c2ccccc21. The first kappa shape index (κ1) is 17.3. The van der Waals surface area contributed by atoms with Gasteiger partial charge in [-0.25, -0.2) is 4.79 Å². The lowest BCUT2D eigenvalue weighted by Crippen LogP contribution is -2.41. The van der Waals surface area contributed by atoms with Gasteiger partial charge in [-0.3, -0.25) is 13.9 Å². The van der Waals surface area contributed by atoms with Gasteiger partial charge in [-0.05, 0) is 31.4 Å². The number of rotatable bonds is 7. The lowest BCUT2D eigenvalue weighted by molar-refractivity contribution is -0.122. The fourth-order valence-corrected chi connectivity index (χ4v) is 2.90. The third-order valence-electron chi connectivity index (χ3n) is 3.88. The molecule has 0 saturated heterocycles. The van der Waals surface area contributed by atoms with Crippen LogP contribution in [0.1, 0.15) is 27.2 Å². The van der Waals surface area contributed by atoms with E-state index in [1.807, 2.05) is 45.0 Å². The van der Waals surface area contributed by atoms with Crippen LogP contribution in [0.5, 0.6) is 0 Å². The van der Waals surface area contributed by atoms with E-state index in [0.717, 1.165) is 11.0 Å². The molecule has 0 saturated carbocycles. The van der Waals surface area contributed by atoms with E-state index in [1.54, 1.807) is 4.57 Å². The van der Waals surface area contributed by atoms with E-state index in [0.29, 0.717) is 18.9 Å². The zero-order valence-electron chi connectivity index (χ0n) is 14.0. The van der Waals surface area contributed by atoms with Crippen LogP contribution in [-0.2, 0) is 17.9 Å². The second-order valence-electron chi connectivity index (χ2n) is 6.18. The van der Waals surface area contributed by atoms with Crippen LogP contribution in [0.2, 0.25) is 0 Å². The summed E-state index contributed by atoms with van der Waals surface area (Å²) in [5.41, 5.74) is 1.39. The Hall–Kier alpha value is -2.08. The van der Waals surface area contributed by atoms with Crippen molar-refractivity contribution in [1.82, 2.24) is 14.5 Å². The Kier molecular flexibility index (Phi) is 5.60. The second-order valence-corrected chi connectivity index (χ2v) is 6.18. The van der Waals surface area contributed by atoms with Gasteiger partial charge in [0.2, 0.25) is 5.91 Å². The van der Waals surface area contributed by atoms with E-state index in [1.165, 1.54) is 4.57 Å². The van der Waals surface area contributed by atoms with Crippen molar-refractivity contribution in [2.75, 3.05) is 6.61 Å². The van der Waals surface area contributed by atoms with Crippen LogP contribution in [-0.4, -0.2) is 32.8 Å². The summed E-state index contributed by atoms with van der Waals surface area (Å²) in [6.07, 6.45) is 0.702. The third kappa shape index (κ3) is 3.82. The van der Waals surface area contributed by atoms with Crippen LogP contribution in [0.3, 0.4) is 0 Å². The first-order valence-electron chi connectivity index (χ1n) is 8.06. The number of nitrogens with one attached hydrogen (secondary N) is 1. The highest BCUT2D eigenvalue weighted by Gasteiger charge is 2.17. The van der Waals surface area contributed by atoms with Crippen molar-refractivity contribution >= 4 is 16.9 Å². The summed E-state index contributed by atoms with van der Waals surface area (Å²) in [4.78, 5) is 24.8. The summed E-state index contributed by atoms with van der Waals surface area (Å²) >= 11 is 0. The Morgan fingerprint density at radius 1 is 1.22 bits per heavy atom. The molecular weight excluding hydrogens is 294 g/mol. The van der Waals surface area contributed by atoms with Gasteiger partial charge in [0.15, 0.2) is 0 Å². The van der Waals surface area contributed by atoms with E-state index in [2.05, 4.69) is 5.32 Å². The smallest absolute Gasteiger partial charge is 0.329 e. The normalized spacial score (nSPS) is 12.7. The van der Waals surface area contributed by atoms with Crippen LogP contribution in [0.25, 0.3) is 11.0 Å². The molecule has 1 aromatic heterocycles. The Balaban J connectivity index is 2.23. The number of aliphatic hydroxyl groups excluding tert-OH is 1. The molecule has 2 aromatic rings.